The maximum atomic E-state index is 13.3. The fourth-order valence-electron chi connectivity index (χ4n) is 2.16. The lowest BCUT2D eigenvalue weighted by atomic mass is 10.2. The molecular weight excluding hydrogens is 331 g/mol. The number of benzene rings is 2. The Hall–Kier alpha value is -3.16. The number of hydrogen-bond acceptors (Lipinski definition) is 5. The Morgan fingerprint density at radius 3 is 2.36 bits per heavy atom. The van der Waals surface area contributed by atoms with E-state index >= 15 is 0 Å². The van der Waals surface area contributed by atoms with Crippen molar-refractivity contribution in [2.24, 2.45) is 0 Å². The Morgan fingerprint density at radius 1 is 1.16 bits per heavy atom. The fourth-order valence-corrected chi connectivity index (χ4v) is 2.16. The summed E-state index contributed by atoms with van der Waals surface area (Å²) in [6.45, 7) is 4.10. The third-order valence-electron chi connectivity index (χ3n) is 3.19. The number of halogens is 1. The Labute approximate surface area is 143 Å². The quantitative estimate of drug-likeness (QED) is 0.607. The van der Waals surface area contributed by atoms with Crippen molar-refractivity contribution < 1.29 is 23.6 Å². The van der Waals surface area contributed by atoms with Gasteiger partial charge >= 0.3 is 0 Å². The molecule has 0 spiro atoms. The van der Waals surface area contributed by atoms with Gasteiger partial charge in [-0.3, -0.25) is 14.9 Å². The van der Waals surface area contributed by atoms with Gasteiger partial charge in [0.25, 0.3) is 11.6 Å². The second kappa shape index (κ2) is 8.09. The van der Waals surface area contributed by atoms with Crippen molar-refractivity contribution in [3.8, 4) is 11.5 Å². The molecule has 1 N–H and O–H groups in total. The smallest absolute Gasteiger partial charge is 0.296 e. The van der Waals surface area contributed by atoms with E-state index < -0.39 is 16.6 Å². The molecule has 0 saturated heterocycles. The van der Waals surface area contributed by atoms with Gasteiger partial charge in [0.1, 0.15) is 11.5 Å². The summed E-state index contributed by atoms with van der Waals surface area (Å²) < 4.78 is 24.0. The van der Waals surface area contributed by atoms with E-state index in [-0.39, 0.29) is 28.4 Å². The molecule has 0 fully saturated rings. The molecule has 0 aliphatic rings. The van der Waals surface area contributed by atoms with Crippen LogP contribution in [0.15, 0.2) is 36.4 Å². The summed E-state index contributed by atoms with van der Waals surface area (Å²) in [5.74, 6) is -0.776. The van der Waals surface area contributed by atoms with Crippen LogP contribution in [0.25, 0.3) is 0 Å². The molecule has 2 aromatic rings. The molecule has 8 heteroatoms. The number of ether oxygens (including phenoxy) is 2. The molecule has 0 unspecified atom stereocenters. The summed E-state index contributed by atoms with van der Waals surface area (Å²) in [6.07, 6.45) is 0. The lowest BCUT2D eigenvalue weighted by Crippen LogP contribution is -2.14. The van der Waals surface area contributed by atoms with E-state index in [9.17, 15) is 19.3 Å². The Kier molecular flexibility index (Phi) is 5.89. The molecule has 0 aliphatic heterocycles. The van der Waals surface area contributed by atoms with Crippen molar-refractivity contribution in [1.82, 2.24) is 0 Å². The summed E-state index contributed by atoms with van der Waals surface area (Å²) in [6, 6.07) is 7.53. The molecule has 132 valence electrons. The lowest BCUT2D eigenvalue weighted by molar-refractivity contribution is -0.384. The van der Waals surface area contributed by atoms with Gasteiger partial charge in [0.05, 0.1) is 24.2 Å². The highest BCUT2D eigenvalue weighted by Gasteiger charge is 2.22. The van der Waals surface area contributed by atoms with Crippen LogP contribution in [0.1, 0.15) is 24.2 Å². The Bertz CT molecular complexity index is 795. The average molecular weight is 348 g/mol. The van der Waals surface area contributed by atoms with Gasteiger partial charge in [0.15, 0.2) is 11.5 Å². The zero-order valence-corrected chi connectivity index (χ0v) is 13.7. The third kappa shape index (κ3) is 4.43. The molecule has 0 atom stereocenters. The molecule has 25 heavy (non-hydrogen) atoms. The van der Waals surface area contributed by atoms with Crippen LogP contribution in [0.2, 0.25) is 0 Å². The highest BCUT2D eigenvalue weighted by molar-refractivity contribution is 6.05. The van der Waals surface area contributed by atoms with Crippen molar-refractivity contribution in [2.45, 2.75) is 13.8 Å². The number of carbonyl (C=O) groups excluding carboxylic acids is 1. The topological polar surface area (TPSA) is 90.7 Å². The largest absolute Gasteiger partial charge is 0.490 e. The minimum atomic E-state index is -0.672. The monoisotopic (exact) mass is 348 g/mol. The predicted molar refractivity (Wildman–Crippen MR) is 89.8 cm³/mol. The van der Waals surface area contributed by atoms with Crippen molar-refractivity contribution in [3.05, 3.63) is 57.9 Å². The van der Waals surface area contributed by atoms with E-state index in [2.05, 4.69) is 5.32 Å². The first kappa shape index (κ1) is 18.2. The molecule has 0 aliphatic carbocycles. The van der Waals surface area contributed by atoms with Crippen LogP contribution in [0.3, 0.4) is 0 Å². The van der Waals surface area contributed by atoms with Gasteiger partial charge in [-0.05, 0) is 32.0 Å². The minimum Gasteiger partial charge on any atom is -0.490 e. The van der Waals surface area contributed by atoms with Gasteiger partial charge in [-0.15, -0.1) is 0 Å². The van der Waals surface area contributed by atoms with Gasteiger partial charge in [-0.1, -0.05) is 6.07 Å². The van der Waals surface area contributed by atoms with Crippen LogP contribution in [-0.2, 0) is 0 Å². The van der Waals surface area contributed by atoms with Crippen molar-refractivity contribution in [1.29, 1.82) is 0 Å². The van der Waals surface area contributed by atoms with Gasteiger partial charge < -0.3 is 14.8 Å². The standard InChI is InChI=1S/C17H17FN2O5/c1-3-24-15-9-13(14(20(22)23)10-16(15)25-4-2)19-17(21)11-6-5-7-12(18)8-11/h5-10H,3-4H2,1-2H3,(H,19,21). The third-order valence-corrected chi connectivity index (χ3v) is 3.19. The molecule has 0 bridgehead atoms. The van der Waals surface area contributed by atoms with E-state index in [4.69, 9.17) is 9.47 Å². The van der Waals surface area contributed by atoms with E-state index in [0.29, 0.717) is 13.2 Å². The van der Waals surface area contributed by atoms with Crippen LogP contribution >= 0.6 is 0 Å². The number of hydrogen-bond donors (Lipinski definition) is 1. The molecule has 0 heterocycles. The first-order chi connectivity index (χ1) is 12.0. The summed E-state index contributed by atoms with van der Waals surface area (Å²) in [5.41, 5.74) is -0.371. The maximum absolute atomic E-state index is 13.3. The fraction of sp³-hybridized carbons (Fsp3) is 0.235. The Balaban J connectivity index is 2.42. The molecule has 0 aromatic heterocycles. The van der Waals surface area contributed by atoms with Crippen molar-refractivity contribution in [2.75, 3.05) is 18.5 Å². The summed E-state index contributed by atoms with van der Waals surface area (Å²) in [5, 5.41) is 13.7. The number of nitrogens with zero attached hydrogens (tertiary/aromatic N) is 1. The number of nitro benzene ring substituents is 1. The highest BCUT2D eigenvalue weighted by Crippen LogP contribution is 2.38. The first-order valence-corrected chi connectivity index (χ1v) is 7.61. The maximum Gasteiger partial charge on any atom is 0.296 e. The van der Waals surface area contributed by atoms with E-state index in [1.54, 1.807) is 13.8 Å². The SMILES string of the molecule is CCOc1cc(NC(=O)c2cccc(F)c2)c([N+](=O)[O-])cc1OCC. The molecular formula is C17H17FN2O5. The first-order valence-electron chi connectivity index (χ1n) is 7.61. The minimum absolute atomic E-state index is 0.0427. The highest BCUT2D eigenvalue weighted by atomic mass is 19.1. The summed E-state index contributed by atoms with van der Waals surface area (Å²) in [7, 11) is 0. The molecule has 7 nitrogen and oxygen atoms in total. The van der Waals surface area contributed by atoms with Gasteiger partial charge in [0.2, 0.25) is 0 Å². The van der Waals surface area contributed by atoms with Crippen molar-refractivity contribution >= 4 is 17.3 Å². The van der Waals surface area contributed by atoms with Crippen LogP contribution in [-0.4, -0.2) is 24.0 Å². The van der Waals surface area contributed by atoms with E-state index in [1.807, 2.05) is 0 Å². The zero-order chi connectivity index (χ0) is 18.4. The molecule has 2 rings (SSSR count). The normalized spacial score (nSPS) is 10.2. The van der Waals surface area contributed by atoms with E-state index in [0.717, 1.165) is 6.07 Å². The Morgan fingerprint density at radius 2 is 1.80 bits per heavy atom. The van der Waals surface area contributed by atoms with Gasteiger partial charge in [-0.25, -0.2) is 4.39 Å². The van der Waals surface area contributed by atoms with Crippen LogP contribution in [0, 0.1) is 15.9 Å². The van der Waals surface area contributed by atoms with Crippen LogP contribution in [0.5, 0.6) is 11.5 Å². The average Bonchev–Trinajstić information content (AvgIpc) is 2.57. The summed E-state index contributed by atoms with van der Waals surface area (Å²) in [4.78, 5) is 22.9. The van der Waals surface area contributed by atoms with Gasteiger partial charge in [0, 0.05) is 11.6 Å². The van der Waals surface area contributed by atoms with Crippen LogP contribution < -0.4 is 14.8 Å². The van der Waals surface area contributed by atoms with Crippen LogP contribution in [0.4, 0.5) is 15.8 Å². The number of anilines is 1. The van der Waals surface area contributed by atoms with E-state index in [1.165, 1.54) is 30.3 Å². The number of nitro groups is 1. The molecule has 1 amide bonds. The summed E-state index contributed by atoms with van der Waals surface area (Å²) >= 11 is 0. The molecule has 0 saturated carbocycles. The number of amides is 1. The zero-order valence-electron chi connectivity index (χ0n) is 13.7. The molecule has 2 aromatic carbocycles. The second-order valence-electron chi connectivity index (χ2n) is 4.90. The van der Waals surface area contributed by atoms with Crippen molar-refractivity contribution in [3.63, 3.8) is 0 Å². The number of nitrogens with one attached hydrogen (secondary N) is 1. The number of rotatable bonds is 7. The number of carbonyl (C=O) groups is 1. The predicted octanol–water partition coefficient (Wildman–Crippen LogP) is 3.78. The lowest BCUT2D eigenvalue weighted by Gasteiger charge is -2.13. The second-order valence-corrected chi connectivity index (χ2v) is 4.90. The van der Waals surface area contributed by atoms with Gasteiger partial charge in [-0.2, -0.15) is 0 Å². The molecule has 0 radical (unpaired) electrons.